The molecule has 1 aromatic carbocycles. The average molecular weight is 355 g/mol. The first kappa shape index (κ1) is 20.3. The Morgan fingerprint density at radius 3 is 2.75 bits per heavy atom. The van der Waals surface area contributed by atoms with E-state index in [2.05, 4.69) is 6.92 Å². The highest BCUT2D eigenvalue weighted by Crippen LogP contribution is 2.30. The Morgan fingerprint density at radius 1 is 1.42 bits per heavy atom. The zero-order chi connectivity index (χ0) is 16.9. The number of carbonyl (C=O) groups is 1. The largest absolute Gasteiger partial charge is 0.493 e. The lowest BCUT2D eigenvalue weighted by Gasteiger charge is -2.22. The molecule has 1 heterocycles. The molecule has 2 rings (SSSR count). The van der Waals surface area contributed by atoms with Crippen molar-refractivity contribution in [3.05, 3.63) is 29.8 Å². The molecule has 1 amide bonds. The number of allylic oxidation sites excluding steroid dienone is 1. The van der Waals surface area contributed by atoms with Crippen molar-refractivity contribution in [2.24, 2.45) is 11.1 Å². The molecule has 1 saturated heterocycles. The first-order valence-corrected chi connectivity index (χ1v) is 7.93. The number of nitrogens with two attached hydrogens (primary N) is 1. The molecule has 0 saturated carbocycles. The van der Waals surface area contributed by atoms with E-state index in [0.717, 1.165) is 18.5 Å². The highest BCUT2D eigenvalue weighted by molar-refractivity contribution is 5.85. The highest BCUT2D eigenvalue weighted by Gasteiger charge is 2.34. The monoisotopic (exact) mass is 354 g/mol. The van der Waals surface area contributed by atoms with Gasteiger partial charge in [-0.2, -0.15) is 0 Å². The van der Waals surface area contributed by atoms with Gasteiger partial charge in [-0.3, -0.25) is 4.79 Å². The Bertz CT molecular complexity index is 592. The van der Waals surface area contributed by atoms with Crippen molar-refractivity contribution in [1.29, 1.82) is 0 Å². The van der Waals surface area contributed by atoms with Crippen molar-refractivity contribution in [2.45, 2.75) is 20.3 Å². The first-order valence-electron chi connectivity index (χ1n) is 7.93. The molecule has 0 radical (unpaired) electrons. The van der Waals surface area contributed by atoms with E-state index in [1.54, 1.807) is 7.11 Å². The van der Waals surface area contributed by atoms with Crippen LogP contribution in [0.25, 0.3) is 6.08 Å². The predicted molar refractivity (Wildman–Crippen MR) is 98.8 cm³/mol. The quantitative estimate of drug-likeness (QED) is 0.853. The van der Waals surface area contributed by atoms with Crippen molar-refractivity contribution in [3.8, 4) is 11.5 Å². The van der Waals surface area contributed by atoms with Crippen LogP contribution in [0.15, 0.2) is 24.3 Å². The van der Waals surface area contributed by atoms with Crippen LogP contribution in [0.4, 0.5) is 0 Å². The second kappa shape index (κ2) is 8.94. The van der Waals surface area contributed by atoms with Gasteiger partial charge in [0.1, 0.15) is 0 Å². The van der Waals surface area contributed by atoms with Crippen LogP contribution in [-0.2, 0) is 4.79 Å². The molecule has 1 aliphatic heterocycles. The Kier molecular flexibility index (Phi) is 7.58. The minimum atomic E-state index is -0.0123. The van der Waals surface area contributed by atoms with Crippen LogP contribution in [0.1, 0.15) is 25.8 Å². The summed E-state index contributed by atoms with van der Waals surface area (Å²) >= 11 is 0. The lowest BCUT2D eigenvalue weighted by molar-refractivity contribution is -0.132. The lowest BCUT2D eigenvalue weighted by Crippen LogP contribution is -2.36. The number of likely N-dealkylation sites (tertiary alicyclic amines) is 1. The molecule has 0 spiro atoms. The summed E-state index contributed by atoms with van der Waals surface area (Å²) in [5.74, 6) is 1.19. The molecule has 0 aliphatic carbocycles. The van der Waals surface area contributed by atoms with E-state index >= 15 is 0 Å². The fraction of sp³-hybridized carbons (Fsp3) is 0.500. The Balaban J connectivity index is 0.00000288. The van der Waals surface area contributed by atoms with Gasteiger partial charge in [-0.1, -0.05) is 25.1 Å². The zero-order valence-electron chi connectivity index (χ0n) is 14.6. The number of amides is 1. The number of carbonyl (C=O) groups excluding carboxylic acids is 1. The standard InChI is InChI=1S/C18H26N2O3.ClH/c1-4-5-14-6-7-15(16(10-14)22-3)23-11-17(21)20-9-8-18(2,12-19)13-20;/h4-7,10H,8-9,11-13,19H2,1-3H3;1H/b5-4+;. The third-order valence-corrected chi connectivity index (χ3v) is 4.30. The molecule has 1 aromatic rings. The number of hydrogen-bond acceptors (Lipinski definition) is 4. The number of methoxy groups -OCH3 is 1. The van der Waals surface area contributed by atoms with E-state index in [1.807, 2.05) is 42.2 Å². The van der Waals surface area contributed by atoms with Crippen LogP contribution in [0.5, 0.6) is 11.5 Å². The lowest BCUT2D eigenvalue weighted by atomic mass is 9.90. The fourth-order valence-electron chi connectivity index (χ4n) is 2.73. The molecule has 6 heteroatoms. The summed E-state index contributed by atoms with van der Waals surface area (Å²) in [6, 6.07) is 5.65. The van der Waals surface area contributed by atoms with Crippen LogP contribution in [-0.4, -0.2) is 44.2 Å². The second-order valence-corrected chi connectivity index (χ2v) is 6.28. The van der Waals surface area contributed by atoms with E-state index in [1.165, 1.54) is 0 Å². The molecular formula is C18H27ClN2O3. The minimum Gasteiger partial charge on any atom is -0.493 e. The van der Waals surface area contributed by atoms with Gasteiger partial charge < -0.3 is 20.1 Å². The molecule has 1 aliphatic rings. The van der Waals surface area contributed by atoms with Crippen molar-refractivity contribution in [1.82, 2.24) is 4.90 Å². The van der Waals surface area contributed by atoms with E-state index in [-0.39, 0.29) is 30.3 Å². The summed E-state index contributed by atoms with van der Waals surface area (Å²) in [5, 5.41) is 0. The van der Waals surface area contributed by atoms with E-state index in [0.29, 0.717) is 24.6 Å². The molecule has 24 heavy (non-hydrogen) atoms. The number of halogens is 1. The summed E-state index contributed by atoms with van der Waals surface area (Å²) in [4.78, 5) is 14.1. The maximum atomic E-state index is 12.3. The molecule has 1 atom stereocenters. The van der Waals surface area contributed by atoms with E-state index in [9.17, 15) is 4.79 Å². The van der Waals surface area contributed by atoms with Crippen LogP contribution in [0, 0.1) is 5.41 Å². The molecule has 5 nitrogen and oxygen atoms in total. The van der Waals surface area contributed by atoms with Gasteiger partial charge in [-0.15, -0.1) is 12.4 Å². The minimum absolute atomic E-state index is 0. The summed E-state index contributed by atoms with van der Waals surface area (Å²) in [6.07, 6.45) is 4.88. The van der Waals surface area contributed by atoms with Gasteiger partial charge in [0.05, 0.1) is 7.11 Å². The van der Waals surface area contributed by atoms with Crippen LogP contribution in [0.2, 0.25) is 0 Å². The molecule has 0 bridgehead atoms. The van der Waals surface area contributed by atoms with Crippen molar-refractivity contribution < 1.29 is 14.3 Å². The van der Waals surface area contributed by atoms with Gasteiger partial charge in [-0.05, 0) is 43.0 Å². The van der Waals surface area contributed by atoms with Crippen molar-refractivity contribution in [2.75, 3.05) is 33.4 Å². The summed E-state index contributed by atoms with van der Waals surface area (Å²) in [6.45, 7) is 6.12. The third-order valence-electron chi connectivity index (χ3n) is 4.30. The Morgan fingerprint density at radius 2 is 2.17 bits per heavy atom. The molecule has 2 N–H and O–H groups in total. The van der Waals surface area contributed by atoms with Crippen molar-refractivity contribution in [3.63, 3.8) is 0 Å². The fourth-order valence-corrected chi connectivity index (χ4v) is 2.73. The van der Waals surface area contributed by atoms with Gasteiger partial charge in [0.15, 0.2) is 18.1 Å². The van der Waals surface area contributed by atoms with Gasteiger partial charge in [0, 0.05) is 13.1 Å². The molecule has 134 valence electrons. The van der Waals surface area contributed by atoms with Gasteiger partial charge in [-0.25, -0.2) is 0 Å². The number of hydrogen-bond donors (Lipinski definition) is 1. The zero-order valence-corrected chi connectivity index (χ0v) is 15.4. The Labute approximate surface area is 150 Å². The highest BCUT2D eigenvalue weighted by atomic mass is 35.5. The number of rotatable bonds is 6. The number of ether oxygens (including phenoxy) is 2. The van der Waals surface area contributed by atoms with Crippen LogP contribution < -0.4 is 15.2 Å². The van der Waals surface area contributed by atoms with Gasteiger partial charge in [0.25, 0.3) is 5.91 Å². The predicted octanol–water partition coefficient (Wildman–Crippen LogP) is 2.73. The molecule has 1 fully saturated rings. The third kappa shape index (κ3) is 4.89. The Hall–Kier alpha value is -1.72. The van der Waals surface area contributed by atoms with Crippen molar-refractivity contribution >= 4 is 24.4 Å². The summed E-state index contributed by atoms with van der Waals surface area (Å²) < 4.78 is 11.0. The number of nitrogens with zero attached hydrogens (tertiary/aromatic N) is 1. The normalized spacial score (nSPS) is 20.1. The average Bonchev–Trinajstić information content (AvgIpc) is 2.96. The molecule has 0 aromatic heterocycles. The van der Waals surface area contributed by atoms with Gasteiger partial charge >= 0.3 is 0 Å². The summed E-state index contributed by atoms with van der Waals surface area (Å²) in [7, 11) is 1.59. The maximum absolute atomic E-state index is 12.3. The molecular weight excluding hydrogens is 328 g/mol. The first-order chi connectivity index (χ1) is 11.0. The SMILES string of the molecule is C/C=C/c1ccc(OCC(=O)N2CCC(C)(CN)C2)c(OC)c1.Cl. The van der Waals surface area contributed by atoms with E-state index < -0.39 is 0 Å². The smallest absolute Gasteiger partial charge is 0.260 e. The van der Waals surface area contributed by atoms with Crippen LogP contribution in [0.3, 0.4) is 0 Å². The maximum Gasteiger partial charge on any atom is 0.260 e. The molecule has 1 unspecified atom stereocenters. The second-order valence-electron chi connectivity index (χ2n) is 6.28. The number of benzene rings is 1. The topological polar surface area (TPSA) is 64.8 Å². The summed E-state index contributed by atoms with van der Waals surface area (Å²) in [5.41, 5.74) is 6.84. The van der Waals surface area contributed by atoms with Gasteiger partial charge in [0.2, 0.25) is 0 Å². The van der Waals surface area contributed by atoms with Crippen LogP contribution >= 0.6 is 12.4 Å². The van der Waals surface area contributed by atoms with E-state index in [4.69, 9.17) is 15.2 Å².